The van der Waals surface area contributed by atoms with Crippen LogP contribution in [0.5, 0.6) is 0 Å². The van der Waals surface area contributed by atoms with Gasteiger partial charge < -0.3 is 5.11 Å². The van der Waals surface area contributed by atoms with Crippen molar-refractivity contribution in [1.82, 2.24) is 5.06 Å². The van der Waals surface area contributed by atoms with E-state index in [9.17, 15) is 8.42 Å². The zero-order chi connectivity index (χ0) is 6.91. The first-order valence-electron chi connectivity index (χ1n) is 2.42. The van der Waals surface area contributed by atoms with Gasteiger partial charge in [-0.3, -0.25) is 0 Å². The van der Waals surface area contributed by atoms with Crippen molar-refractivity contribution in [2.24, 2.45) is 0 Å². The fraction of sp³-hybridized carbons (Fsp3) is 1.00. The average molecular weight is 161 g/mol. The van der Waals surface area contributed by atoms with Crippen LogP contribution in [0, 0.1) is 0 Å². The first-order valence-corrected chi connectivity index (χ1v) is 4.00. The Hall–Kier alpha value is 0.427. The van der Waals surface area contributed by atoms with Crippen LogP contribution < -0.4 is 0 Å². The molecule has 0 radical (unpaired) electrons. The van der Waals surface area contributed by atoms with Crippen molar-refractivity contribution in [3.05, 3.63) is 0 Å². The van der Waals surface area contributed by atoms with Gasteiger partial charge in [-0.1, -0.05) is 0 Å². The molecule has 1 saturated heterocycles. The third kappa shape index (κ3) is 3.56. The molecule has 56 valence electrons. The topological polar surface area (TPSA) is 66.6 Å². The molecule has 0 bridgehead atoms. The van der Waals surface area contributed by atoms with Crippen molar-refractivity contribution in [3.8, 4) is 0 Å². The second-order valence-corrected chi connectivity index (χ2v) is 3.21. The molecule has 0 saturated carbocycles. The van der Waals surface area contributed by atoms with Crippen LogP contribution >= 0.6 is 0 Å². The summed E-state index contributed by atoms with van der Waals surface area (Å²) < 4.78 is 24.9. The van der Waals surface area contributed by atoms with Crippen LogP contribution in [0.15, 0.2) is 0 Å². The van der Waals surface area contributed by atoms with Crippen molar-refractivity contribution in [2.45, 2.75) is 0 Å². The van der Waals surface area contributed by atoms with E-state index in [1.807, 2.05) is 0 Å². The number of aliphatic hydroxyl groups excluding tert-OH is 1. The Balaban J connectivity index is 0.000000810. The SMILES string of the molecule is O=S(=O)(CO)ON1CC1.[LiH]. The Morgan fingerprint density at radius 2 is 2.00 bits per heavy atom. The first kappa shape index (κ1) is 10.4. The van der Waals surface area contributed by atoms with Gasteiger partial charge in [-0.05, 0) is 0 Å². The summed E-state index contributed by atoms with van der Waals surface area (Å²) in [5.74, 6) is -0.955. The Morgan fingerprint density at radius 1 is 1.50 bits per heavy atom. The Morgan fingerprint density at radius 3 is 2.30 bits per heavy atom. The van der Waals surface area contributed by atoms with Crippen LogP contribution in [0.3, 0.4) is 0 Å². The van der Waals surface area contributed by atoms with E-state index in [0.29, 0.717) is 13.1 Å². The Bertz CT molecular complexity index is 187. The molecule has 7 heteroatoms. The minimum absolute atomic E-state index is 0. The van der Waals surface area contributed by atoms with E-state index in [2.05, 4.69) is 4.28 Å². The summed E-state index contributed by atoms with van der Waals surface area (Å²) in [4.78, 5) is 0. The molecule has 0 unspecified atom stereocenters. The number of rotatable bonds is 3. The predicted octanol–water partition coefficient (Wildman–Crippen LogP) is -2.14. The van der Waals surface area contributed by atoms with Crippen LogP contribution in [-0.4, -0.2) is 56.5 Å². The zero-order valence-electron chi connectivity index (χ0n) is 4.65. The molecule has 0 atom stereocenters. The summed E-state index contributed by atoms with van der Waals surface area (Å²) in [7, 11) is -3.67. The normalized spacial score (nSPS) is 18.1. The summed E-state index contributed by atoms with van der Waals surface area (Å²) in [6, 6.07) is 0. The van der Waals surface area contributed by atoms with Gasteiger partial charge in [-0.2, -0.15) is 17.8 Å². The molecule has 0 spiro atoms. The average Bonchev–Trinajstić information content (AvgIpc) is 2.50. The molecule has 1 heterocycles. The van der Waals surface area contributed by atoms with Crippen LogP contribution in [0.4, 0.5) is 0 Å². The summed E-state index contributed by atoms with van der Waals surface area (Å²) in [5.41, 5.74) is 0. The molecule has 0 aromatic rings. The summed E-state index contributed by atoms with van der Waals surface area (Å²) in [6.45, 7) is 1.25. The first-order chi connectivity index (χ1) is 4.14. The van der Waals surface area contributed by atoms with E-state index >= 15 is 0 Å². The number of hydrogen-bond acceptors (Lipinski definition) is 5. The second kappa shape index (κ2) is 3.71. The monoisotopic (exact) mass is 161 g/mol. The van der Waals surface area contributed by atoms with Crippen LogP contribution in [0.25, 0.3) is 0 Å². The molecule has 0 aromatic heterocycles. The van der Waals surface area contributed by atoms with Crippen molar-refractivity contribution < 1.29 is 17.8 Å². The van der Waals surface area contributed by atoms with Crippen molar-refractivity contribution in [2.75, 3.05) is 19.0 Å². The maximum atomic E-state index is 10.3. The van der Waals surface area contributed by atoms with Crippen LogP contribution in [0.1, 0.15) is 0 Å². The predicted molar refractivity (Wildman–Crippen MR) is 35.8 cm³/mol. The van der Waals surface area contributed by atoms with E-state index in [1.54, 1.807) is 0 Å². The van der Waals surface area contributed by atoms with Gasteiger partial charge in [0.25, 0.3) is 0 Å². The van der Waals surface area contributed by atoms with Gasteiger partial charge in [0, 0.05) is 13.1 Å². The number of hydrogen-bond donors (Lipinski definition) is 1. The van der Waals surface area contributed by atoms with Gasteiger partial charge in [-0.15, -0.1) is 0 Å². The molecule has 1 fully saturated rings. The van der Waals surface area contributed by atoms with E-state index in [-0.39, 0.29) is 18.9 Å². The van der Waals surface area contributed by atoms with E-state index < -0.39 is 16.1 Å². The molecule has 0 aliphatic carbocycles. The molecular weight excluding hydrogens is 153 g/mol. The van der Waals surface area contributed by atoms with E-state index in [1.165, 1.54) is 5.06 Å². The maximum absolute atomic E-state index is 10.3. The quantitative estimate of drug-likeness (QED) is 0.378. The third-order valence-corrected chi connectivity index (χ3v) is 1.54. The number of hydroxylamine groups is 2. The summed E-state index contributed by atoms with van der Waals surface area (Å²) in [5, 5.41) is 9.37. The second-order valence-electron chi connectivity index (χ2n) is 1.69. The zero-order valence-corrected chi connectivity index (χ0v) is 5.47. The van der Waals surface area contributed by atoms with Gasteiger partial charge in [0.15, 0.2) is 5.94 Å². The molecule has 1 N–H and O–H groups in total. The molecule has 10 heavy (non-hydrogen) atoms. The minimum atomic E-state index is -3.67. The Kier molecular flexibility index (Phi) is 3.87. The van der Waals surface area contributed by atoms with Gasteiger partial charge in [-0.25, -0.2) is 0 Å². The van der Waals surface area contributed by atoms with E-state index in [4.69, 9.17) is 5.11 Å². The molecular formula is C3H8LiNO4S. The van der Waals surface area contributed by atoms with Crippen molar-refractivity contribution in [1.29, 1.82) is 0 Å². The number of nitrogens with zero attached hydrogens (tertiary/aromatic N) is 1. The fourth-order valence-electron chi connectivity index (χ4n) is 0.300. The summed E-state index contributed by atoms with van der Waals surface area (Å²) >= 11 is 0. The van der Waals surface area contributed by atoms with E-state index in [0.717, 1.165) is 0 Å². The van der Waals surface area contributed by atoms with Gasteiger partial charge >= 0.3 is 29.0 Å². The molecule has 1 aliphatic rings. The summed E-state index contributed by atoms with van der Waals surface area (Å²) in [6.07, 6.45) is 0. The molecule has 0 amide bonds. The van der Waals surface area contributed by atoms with Gasteiger partial charge in [0.1, 0.15) is 0 Å². The van der Waals surface area contributed by atoms with Crippen molar-refractivity contribution in [3.63, 3.8) is 0 Å². The van der Waals surface area contributed by atoms with Gasteiger partial charge in [0.2, 0.25) is 0 Å². The molecule has 0 aromatic carbocycles. The van der Waals surface area contributed by atoms with Crippen LogP contribution in [0.2, 0.25) is 0 Å². The number of aliphatic hydroxyl groups is 1. The molecule has 5 nitrogen and oxygen atoms in total. The van der Waals surface area contributed by atoms with Crippen LogP contribution in [-0.2, 0) is 14.4 Å². The van der Waals surface area contributed by atoms with Crippen molar-refractivity contribution >= 4 is 29.0 Å². The third-order valence-electron chi connectivity index (χ3n) is 0.783. The molecule has 1 aliphatic heterocycles. The standard InChI is InChI=1S/C3H7NO4S.Li.H/c5-3-9(6,7)8-4-1-2-4;;/h5H,1-3H2;;. The fourth-order valence-corrected chi connectivity index (χ4v) is 0.817. The molecule has 1 rings (SSSR count). The Labute approximate surface area is 71.2 Å². The van der Waals surface area contributed by atoms with Gasteiger partial charge in [0.05, 0.1) is 0 Å².